The van der Waals surface area contributed by atoms with Crippen LogP contribution in [-0.2, 0) is 0 Å². The molecule has 0 saturated heterocycles. The molecule has 0 aliphatic heterocycles. The van der Waals surface area contributed by atoms with Gasteiger partial charge in [0.1, 0.15) is 0 Å². The fourth-order valence-electron chi connectivity index (χ4n) is 0.195. The number of aliphatic hydroxyl groups excluding tert-OH is 1. The van der Waals surface area contributed by atoms with Crippen molar-refractivity contribution < 1.29 is 5.11 Å². The summed E-state index contributed by atoms with van der Waals surface area (Å²) in [6.45, 7) is 1.50. The molecule has 0 aliphatic carbocycles. The summed E-state index contributed by atoms with van der Waals surface area (Å²) in [7, 11) is 0. The maximum atomic E-state index is 8.61. The lowest BCUT2D eigenvalue weighted by molar-refractivity contribution is 0.230. The zero-order chi connectivity index (χ0) is 6.57. The van der Waals surface area contributed by atoms with E-state index in [0.717, 1.165) is 6.08 Å². The van der Waals surface area contributed by atoms with Crippen LogP contribution in [0, 0.1) is 11.3 Å². The molecule has 0 saturated carbocycles. The average molecular weight is 112 g/mol. The van der Waals surface area contributed by atoms with Crippen molar-refractivity contribution in [2.75, 3.05) is 0 Å². The van der Waals surface area contributed by atoms with E-state index in [1.165, 1.54) is 6.92 Å². The SMILES string of the molecule is CC(O)/C(N)=C\C#N. The van der Waals surface area contributed by atoms with Gasteiger partial charge in [-0.1, -0.05) is 0 Å². The molecule has 0 aromatic rings. The first kappa shape index (κ1) is 6.99. The lowest BCUT2D eigenvalue weighted by atomic mass is 10.3. The van der Waals surface area contributed by atoms with Gasteiger partial charge in [-0.3, -0.25) is 0 Å². The van der Waals surface area contributed by atoms with Gasteiger partial charge in [0.15, 0.2) is 0 Å². The Bertz CT molecular complexity index is 132. The van der Waals surface area contributed by atoms with Crippen molar-refractivity contribution in [2.45, 2.75) is 13.0 Å². The highest BCUT2D eigenvalue weighted by Crippen LogP contribution is 1.89. The van der Waals surface area contributed by atoms with Crippen LogP contribution < -0.4 is 5.73 Å². The molecule has 0 amide bonds. The first-order valence-corrected chi connectivity index (χ1v) is 2.21. The fraction of sp³-hybridized carbons (Fsp3) is 0.400. The lowest BCUT2D eigenvalue weighted by Crippen LogP contribution is -2.12. The average Bonchev–Trinajstić information content (AvgIpc) is 1.67. The van der Waals surface area contributed by atoms with Gasteiger partial charge in [-0.25, -0.2) is 0 Å². The number of allylic oxidation sites excluding steroid dienone is 1. The highest BCUT2D eigenvalue weighted by atomic mass is 16.3. The number of nitriles is 1. The fourth-order valence-corrected chi connectivity index (χ4v) is 0.195. The van der Waals surface area contributed by atoms with Crippen molar-refractivity contribution in [3.63, 3.8) is 0 Å². The van der Waals surface area contributed by atoms with Crippen molar-refractivity contribution in [1.82, 2.24) is 0 Å². The van der Waals surface area contributed by atoms with Crippen LogP contribution >= 0.6 is 0 Å². The summed E-state index contributed by atoms with van der Waals surface area (Å²) in [4.78, 5) is 0. The monoisotopic (exact) mass is 112 g/mol. The van der Waals surface area contributed by atoms with Gasteiger partial charge in [0.2, 0.25) is 0 Å². The zero-order valence-electron chi connectivity index (χ0n) is 4.63. The molecule has 0 aliphatic rings. The Morgan fingerprint density at radius 1 is 2.00 bits per heavy atom. The predicted molar refractivity (Wildman–Crippen MR) is 29.6 cm³/mol. The summed E-state index contributed by atoms with van der Waals surface area (Å²) in [6, 6.07) is 1.70. The molecule has 3 N–H and O–H groups in total. The van der Waals surface area contributed by atoms with E-state index < -0.39 is 6.10 Å². The van der Waals surface area contributed by atoms with Gasteiger partial charge in [-0.2, -0.15) is 5.26 Å². The topological polar surface area (TPSA) is 70.0 Å². The quantitative estimate of drug-likeness (QED) is 0.459. The molecule has 0 fully saturated rings. The van der Waals surface area contributed by atoms with Crippen molar-refractivity contribution in [2.24, 2.45) is 5.73 Å². The van der Waals surface area contributed by atoms with E-state index in [-0.39, 0.29) is 5.70 Å². The molecule has 3 heteroatoms. The summed E-state index contributed by atoms with van der Waals surface area (Å²) in [5.41, 5.74) is 5.32. The highest BCUT2D eigenvalue weighted by Gasteiger charge is 1.95. The second-order valence-corrected chi connectivity index (χ2v) is 1.45. The predicted octanol–water partition coefficient (Wildman–Crippen LogP) is -0.267. The van der Waals surface area contributed by atoms with Crippen LogP contribution in [0.4, 0.5) is 0 Å². The lowest BCUT2D eigenvalue weighted by Gasteiger charge is -1.98. The standard InChI is InChI=1S/C5H8N2O/c1-4(8)5(7)2-3-6/h2,4,8H,7H2,1H3/b5-2+. The Morgan fingerprint density at radius 3 is 2.62 bits per heavy atom. The molecule has 1 atom stereocenters. The van der Waals surface area contributed by atoms with Crippen LogP contribution in [0.15, 0.2) is 11.8 Å². The van der Waals surface area contributed by atoms with E-state index in [1.54, 1.807) is 6.07 Å². The zero-order valence-corrected chi connectivity index (χ0v) is 4.63. The van der Waals surface area contributed by atoms with Crippen LogP contribution in [0.1, 0.15) is 6.92 Å². The summed E-state index contributed by atoms with van der Waals surface area (Å²) in [5.74, 6) is 0. The molecule has 0 bridgehead atoms. The summed E-state index contributed by atoms with van der Waals surface area (Å²) >= 11 is 0. The number of nitrogens with two attached hydrogens (primary N) is 1. The number of nitrogens with zero attached hydrogens (tertiary/aromatic N) is 1. The smallest absolute Gasteiger partial charge is 0.0931 e. The maximum Gasteiger partial charge on any atom is 0.0931 e. The Hall–Kier alpha value is -1.01. The normalized spacial score (nSPS) is 14.9. The summed E-state index contributed by atoms with van der Waals surface area (Å²) in [6.07, 6.45) is 0.402. The van der Waals surface area contributed by atoms with E-state index in [9.17, 15) is 0 Å². The van der Waals surface area contributed by atoms with Gasteiger partial charge in [-0.05, 0) is 6.92 Å². The van der Waals surface area contributed by atoms with Gasteiger partial charge in [-0.15, -0.1) is 0 Å². The van der Waals surface area contributed by atoms with E-state index in [2.05, 4.69) is 0 Å². The van der Waals surface area contributed by atoms with Gasteiger partial charge >= 0.3 is 0 Å². The molecule has 0 heterocycles. The highest BCUT2D eigenvalue weighted by molar-refractivity contribution is 5.12. The Kier molecular flexibility index (Phi) is 2.67. The third kappa shape index (κ3) is 2.21. The molecule has 44 valence electrons. The van der Waals surface area contributed by atoms with Gasteiger partial charge in [0.25, 0.3) is 0 Å². The van der Waals surface area contributed by atoms with Crippen LogP contribution in [0.25, 0.3) is 0 Å². The number of rotatable bonds is 1. The molecule has 3 nitrogen and oxygen atoms in total. The van der Waals surface area contributed by atoms with Gasteiger partial charge in [0, 0.05) is 11.8 Å². The van der Waals surface area contributed by atoms with Crippen LogP contribution in [0.5, 0.6) is 0 Å². The second-order valence-electron chi connectivity index (χ2n) is 1.45. The summed E-state index contributed by atoms with van der Waals surface area (Å²) < 4.78 is 0. The van der Waals surface area contributed by atoms with Gasteiger partial charge in [0.05, 0.1) is 12.2 Å². The minimum atomic E-state index is -0.713. The summed E-state index contributed by atoms with van der Waals surface area (Å²) in [5, 5.41) is 16.6. The van der Waals surface area contributed by atoms with Crippen molar-refractivity contribution in [1.29, 1.82) is 5.26 Å². The molecular formula is C5H8N2O. The molecule has 0 aromatic carbocycles. The molecule has 0 radical (unpaired) electrons. The molecule has 0 spiro atoms. The maximum absolute atomic E-state index is 8.61. The van der Waals surface area contributed by atoms with E-state index in [1.807, 2.05) is 0 Å². The third-order valence-corrected chi connectivity index (χ3v) is 0.714. The molecule has 0 rings (SSSR count). The molecule has 8 heavy (non-hydrogen) atoms. The van der Waals surface area contributed by atoms with Crippen LogP contribution in [0.3, 0.4) is 0 Å². The Labute approximate surface area is 48.0 Å². The second kappa shape index (κ2) is 3.05. The van der Waals surface area contributed by atoms with Crippen molar-refractivity contribution >= 4 is 0 Å². The van der Waals surface area contributed by atoms with Gasteiger partial charge < -0.3 is 10.8 Å². The van der Waals surface area contributed by atoms with Crippen molar-refractivity contribution in [3.05, 3.63) is 11.8 Å². The molecule has 1 unspecified atom stereocenters. The van der Waals surface area contributed by atoms with E-state index in [0.29, 0.717) is 0 Å². The number of hydrogen-bond donors (Lipinski definition) is 2. The molecule has 0 aromatic heterocycles. The minimum absolute atomic E-state index is 0.201. The first-order valence-electron chi connectivity index (χ1n) is 2.21. The van der Waals surface area contributed by atoms with Crippen LogP contribution in [-0.4, -0.2) is 11.2 Å². The largest absolute Gasteiger partial charge is 0.399 e. The minimum Gasteiger partial charge on any atom is -0.399 e. The number of aliphatic hydroxyl groups is 1. The van der Waals surface area contributed by atoms with E-state index >= 15 is 0 Å². The third-order valence-electron chi connectivity index (χ3n) is 0.714. The van der Waals surface area contributed by atoms with Crippen molar-refractivity contribution in [3.8, 4) is 6.07 Å². The van der Waals surface area contributed by atoms with Crippen LogP contribution in [0.2, 0.25) is 0 Å². The van der Waals surface area contributed by atoms with E-state index in [4.69, 9.17) is 16.1 Å². The number of hydrogen-bond acceptors (Lipinski definition) is 3. The Morgan fingerprint density at radius 2 is 2.50 bits per heavy atom. The Balaban J connectivity index is 3.85. The first-order chi connectivity index (χ1) is 3.68. The molecular weight excluding hydrogens is 104 g/mol.